The number of nitrogens with zero attached hydrogens (tertiary/aromatic N) is 2. The molecule has 0 spiro atoms. The number of hydrogen-bond donors (Lipinski definition) is 0. The molecular formula is C15H23FN2. The van der Waals surface area contributed by atoms with E-state index in [0.717, 1.165) is 24.6 Å². The molecule has 0 aromatic carbocycles. The number of anilines is 1. The Bertz CT molecular complexity index is 407. The van der Waals surface area contributed by atoms with E-state index in [9.17, 15) is 4.39 Å². The summed E-state index contributed by atoms with van der Waals surface area (Å²) >= 11 is 0. The Morgan fingerprint density at radius 1 is 1.22 bits per heavy atom. The van der Waals surface area contributed by atoms with Crippen molar-refractivity contribution in [2.75, 3.05) is 18.0 Å². The van der Waals surface area contributed by atoms with Gasteiger partial charge in [0.1, 0.15) is 11.6 Å². The van der Waals surface area contributed by atoms with Crippen LogP contribution in [0.5, 0.6) is 0 Å². The van der Waals surface area contributed by atoms with E-state index in [2.05, 4.69) is 23.7 Å². The summed E-state index contributed by atoms with van der Waals surface area (Å²) in [5, 5.41) is 0. The van der Waals surface area contributed by atoms with Gasteiger partial charge in [-0.25, -0.2) is 9.37 Å². The van der Waals surface area contributed by atoms with Gasteiger partial charge >= 0.3 is 0 Å². The second-order valence-corrected chi connectivity index (χ2v) is 6.07. The summed E-state index contributed by atoms with van der Waals surface area (Å²) in [5.74, 6) is 2.20. The molecule has 100 valence electrons. The van der Waals surface area contributed by atoms with Gasteiger partial charge in [0, 0.05) is 24.8 Å². The van der Waals surface area contributed by atoms with Gasteiger partial charge in [-0.1, -0.05) is 27.7 Å². The molecule has 1 saturated heterocycles. The third kappa shape index (κ3) is 3.01. The minimum absolute atomic E-state index is 0.172. The quantitative estimate of drug-likeness (QED) is 0.793. The smallest absolute Gasteiger partial charge is 0.131 e. The molecule has 18 heavy (non-hydrogen) atoms. The predicted molar refractivity (Wildman–Crippen MR) is 73.4 cm³/mol. The third-order valence-corrected chi connectivity index (χ3v) is 3.58. The highest BCUT2D eigenvalue weighted by atomic mass is 19.1. The van der Waals surface area contributed by atoms with E-state index in [1.54, 1.807) is 12.1 Å². The van der Waals surface area contributed by atoms with Crippen LogP contribution in [0.1, 0.15) is 45.7 Å². The van der Waals surface area contributed by atoms with Crippen LogP contribution in [0.4, 0.5) is 10.2 Å². The fourth-order valence-corrected chi connectivity index (χ4v) is 2.81. The largest absolute Gasteiger partial charge is 0.356 e. The van der Waals surface area contributed by atoms with Gasteiger partial charge < -0.3 is 4.90 Å². The standard InChI is InChI=1S/C15H23FN2/c1-10(2)14-6-13(16)7-15(17-14)18-8-11(3)5-12(4)9-18/h6-7,10-12H,5,8-9H2,1-4H3/t11-,12+. The van der Waals surface area contributed by atoms with Crippen LogP contribution in [0.25, 0.3) is 0 Å². The number of hydrogen-bond acceptors (Lipinski definition) is 2. The van der Waals surface area contributed by atoms with Crippen LogP contribution in [0.2, 0.25) is 0 Å². The second kappa shape index (κ2) is 5.25. The van der Waals surface area contributed by atoms with Crippen molar-refractivity contribution in [3.05, 3.63) is 23.6 Å². The molecule has 1 fully saturated rings. The molecule has 1 aromatic rings. The van der Waals surface area contributed by atoms with Gasteiger partial charge in [0.15, 0.2) is 0 Å². The summed E-state index contributed by atoms with van der Waals surface area (Å²) in [7, 11) is 0. The fraction of sp³-hybridized carbons (Fsp3) is 0.667. The zero-order valence-corrected chi connectivity index (χ0v) is 11.8. The van der Waals surface area contributed by atoms with Gasteiger partial charge in [0.25, 0.3) is 0 Å². The molecular weight excluding hydrogens is 227 g/mol. The first kappa shape index (κ1) is 13.3. The number of rotatable bonds is 2. The molecule has 1 aliphatic heterocycles. The predicted octanol–water partition coefficient (Wildman–Crippen LogP) is 3.83. The van der Waals surface area contributed by atoms with E-state index in [-0.39, 0.29) is 11.7 Å². The Labute approximate surface area is 109 Å². The Balaban J connectivity index is 2.26. The highest BCUT2D eigenvalue weighted by Crippen LogP contribution is 2.26. The minimum atomic E-state index is -0.172. The van der Waals surface area contributed by atoms with Crippen molar-refractivity contribution in [3.63, 3.8) is 0 Å². The van der Waals surface area contributed by atoms with Crippen molar-refractivity contribution in [2.24, 2.45) is 11.8 Å². The molecule has 0 aliphatic carbocycles. The molecule has 0 bridgehead atoms. The fourth-order valence-electron chi connectivity index (χ4n) is 2.81. The number of aromatic nitrogens is 1. The first-order valence-corrected chi connectivity index (χ1v) is 6.88. The van der Waals surface area contributed by atoms with Gasteiger partial charge in [-0.05, 0) is 30.2 Å². The summed E-state index contributed by atoms with van der Waals surface area (Å²) in [6, 6.07) is 3.11. The van der Waals surface area contributed by atoms with Crippen molar-refractivity contribution < 1.29 is 4.39 Å². The van der Waals surface area contributed by atoms with Crippen molar-refractivity contribution in [1.82, 2.24) is 4.98 Å². The normalized spacial score (nSPS) is 24.7. The second-order valence-electron chi connectivity index (χ2n) is 6.07. The molecule has 2 rings (SSSR count). The van der Waals surface area contributed by atoms with Crippen LogP contribution in [0.3, 0.4) is 0 Å². The van der Waals surface area contributed by atoms with Crippen LogP contribution < -0.4 is 4.90 Å². The number of pyridine rings is 1. The van der Waals surface area contributed by atoms with Gasteiger partial charge in [-0.15, -0.1) is 0 Å². The summed E-state index contributed by atoms with van der Waals surface area (Å²) in [6.07, 6.45) is 1.25. The lowest BCUT2D eigenvalue weighted by molar-refractivity contribution is 0.355. The molecule has 0 unspecified atom stereocenters. The number of piperidine rings is 1. The van der Waals surface area contributed by atoms with Crippen LogP contribution in [-0.2, 0) is 0 Å². The van der Waals surface area contributed by atoms with Gasteiger partial charge in [-0.2, -0.15) is 0 Å². The van der Waals surface area contributed by atoms with E-state index in [1.165, 1.54) is 6.42 Å². The maximum Gasteiger partial charge on any atom is 0.131 e. The average molecular weight is 250 g/mol. The SMILES string of the molecule is CC(C)c1cc(F)cc(N2C[C@H](C)C[C@H](C)C2)n1. The molecule has 1 aromatic heterocycles. The van der Waals surface area contributed by atoms with Crippen molar-refractivity contribution in [1.29, 1.82) is 0 Å². The topological polar surface area (TPSA) is 16.1 Å². The molecule has 0 radical (unpaired) electrons. The summed E-state index contributed by atoms with van der Waals surface area (Å²) in [6.45, 7) is 10.6. The van der Waals surface area contributed by atoms with E-state index in [4.69, 9.17) is 0 Å². The van der Waals surface area contributed by atoms with Crippen LogP contribution >= 0.6 is 0 Å². The van der Waals surface area contributed by atoms with Crippen molar-refractivity contribution in [2.45, 2.75) is 40.0 Å². The molecule has 3 heteroatoms. The van der Waals surface area contributed by atoms with Gasteiger partial charge in [-0.3, -0.25) is 0 Å². The first-order chi connectivity index (χ1) is 8.45. The molecule has 2 nitrogen and oxygen atoms in total. The zero-order chi connectivity index (χ0) is 13.3. The highest BCUT2D eigenvalue weighted by molar-refractivity contribution is 5.41. The van der Waals surface area contributed by atoms with Gasteiger partial charge in [0.05, 0.1) is 0 Å². The lowest BCUT2D eigenvalue weighted by Crippen LogP contribution is -2.39. The molecule has 2 heterocycles. The minimum Gasteiger partial charge on any atom is -0.356 e. The molecule has 0 amide bonds. The first-order valence-electron chi connectivity index (χ1n) is 6.88. The Morgan fingerprint density at radius 2 is 1.83 bits per heavy atom. The number of halogens is 1. The van der Waals surface area contributed by atoms with Crippen LogP contribution in [0, 0.1) is 17.7 Å². The summed E-state index contributed by atoms with van der Waals surface area (Å²) < 4.78 is 13.7. The van der Waals surface area contributed by atoms with E-state index in [1.807, 2.05) is 13.8 Å². The summed E-state index contributed by atoms with van der Waals surface area (Å²) in [4.78, 5) is 6.84. The van der Waals surface area contributed by atoms with Crippen LogP contribution in [0.15, 0.2) is 12.1 Å². The van der Waals surface area contributed by atoms with Gasteiger partial charge in [0.2, 0.25) is 0 Å². The Morgan fingerprint density at radius 3 is 2.39 bits per heavy atom. The summed E-state index contributed by atoms with van der Waals surface area (Å²) in [5.41, 5.74) is 0.843. The highest BCUT2D eigenvalue weighted by Gasteiger charge is 2.23. The lowest BCUT2D eigenvalue weighted by atomic mass is 9.92. The molecule has 0 N–H and O–H groups in total. The maximum atomic E-state index is 13.7. The lowest BCUT2D eigenvalue weighted by Gasteiger charge is -2.36. The zero-order valence-electron chi connectivity index (χ0n) is 11.8. The average Bonchev–Trinajstić information content (AvgIpc) is 2.26. The monoisotopic (exact) mass is 250 g/mol. The van der Waals surface area contributed by atoms with E-state index in [0.29, 0.717) is 11.8 Å². The Hall–Kier alpha value is -1.12. The third-order valence-electron chi connectivity index (χ3n) is 3.58. The van der Waals surface area contributed by atoms with E-state index < -0.39 is 0 Å². The molecule has 0 saturated carbocycles. The van der Waals surface area contributed by atoms with E-state index >= 15 is 0 Å². The van der Waals surface area contributed by atoms with Crippen molar-refractivity contribution >= 4 is 5.82 Å². The Kier molecular flexibility index (Phi) is 3.88. The molecule has 2 atom stereocenters. The van der Waals surface area contributed by atoms with Crippen LogP contribution in [-0.4, -0.2) is 18.1 Å². The maximum absolute atomic E-state index is 13.7. The van der Waals surface area contributed by atoms with Crippen molar-refractivity contribution in [3.8, 4) is 0 Å². The molecule has 1 aliphatic rings.